The van der Waals surface area contributed by atoms with Crippen LogP contribution in [0.5, 0.6) is 0 Å². The second-order valence-corrected chi connectivity index (χ2v) is 6.30. The van der Waals surface area contributed by atoms with Crippen molar-refractivity contribution < 1.29 is 22.1 Å². The molecule has 0 rings (SSSR count). The molecule has 6 heteroatoms. The van der Waals surface area contributed by atoms with Crippen molar-refractivity contribution in [2.24, 2.45) is 0 Å². The number of carbonyl (C=O) groups is 1. The van der Waals surface area contributed by atoms with E-state index < -0.39 is 10.1 Å². The molecule has 0 heterocycles. The molecule has 0 aliphatic heterocycles. The minimum atomic E-state index is -3.41. The molecule has 20 heavy (non-hydrogen) atoms. The smallest absolute Gasteiger partial charge is 0.306 e. The van der Waals surface area contributed by atoms with Crippen molar-refractivity contribution in [2.75, 3.05) is 19.5 Å². The summed E-state index contributed by atoms with van der Waals surface area (Å²) in [5.41, 5.74) is 0. The largest absolute Gasteiger partial charge is 0.461 e. The third-order valence-corrected chi connectivity index (χ3v) is 3.18. The van der Waals surface area contributed by atoms with Crippen molar-refractivity contribution in [3.8, 4) is 0 Å². The highest BCUT2D eigenvalue weighted by molar-refractivity contribution is 7.85. The van der Waals surface area contributed by atoms with Gasteiger partial charge in [0.1, 0.15) is 6.61 Å². The van der Waals surface area contributed by atoms with Gasteiger partial charge >= 0.3 is 5.97 Å². The van der Waals surface area contributed by atoms with Crippen LogP contribution >= 0.6 is 0 Å². The van der Waals surface area contributed by atoms with Gasteiger partial charge in [-0.1, -0.05) is 45.1 Å². The maximum atomic E-state index is 11.3. The van der Waals surface area contributed by atoms with E-state index in [9.17, 15) is 13.2 Å². The van der Waals surface area contributed by atoms with Crippen LogP contribution in [0.2, 0.25) is 0 Å². The molecular formula is C14H26O5S. The lowest BCUT2D eigenvalue weighted by Crippen LogP contribution is -2.05. The van der Waals surface area contributed by atoms with Gasteiger partial charge in [-0.25, -0.2) is 0 Å². The van der Waals surface area contributed by atoms with E-state index in [1.54, 1.807) is 6.08 Å². The molecule has 0 aromatic heterocycles. The van der Waals surface area contributed by atoms with Crippen molar-refractivity contribution in [1.82, 2.24) is 0 Å². The molecule has 0 saturated heterocycles. The Morgan fingerprint density at radius 2 is 1.60 bits per heavy atom. The van der Waals surface area contributed by atoms with Crippen molar-refractivity contribution in [2.45, 2.75) is 51.9 Å². The van der Waals surface area contributed by atoms with Gasteiger partial charge in [-0.3, -0.25) is 8.98 Å². The van der Waals surface area contributed by atoms with Crippen LogP contribution < -0.4 is 0 Å². The van der Waals surface area contributed by atoms with Crippen LogP contribution in [0.15, 0.2) is 12.2 Å². The average Bonchev–Trinajstić information content (AvgIpc) is 2.36. The Morgan fingerprint density at radius 3 is 2.25 bits per heavy atom. The quantitative estimate of drug-likeness (QED) is 0.240. The highest BCUT2D eigenvalue weighted by Crippen LogP contribution is 2.07. The first-order chi connectivity index (χ1) is 9.45. The zero-order valence-corrected chi connectivity index (χ0v) is 13.3. The van der Waals surface area contributed by atoms with E-state index in [0.29, 0.717) is 6.42 Å². The van der Waals surface area contributed by atoms with E-state index in [1.807, 2.05) is 0 Å². The zero-order valence-electron chi connectivity index (χ0n) is 12.5. The topological polar surface area (TPSA) is 69.7 Å². The molecule has 0 spiro atoms. The van der Waals surface area contributed by atoms with Crippen molar-refractivity contribution in [3.05, 3.63) is 12.2 Å². The molecule has 0 aliphatic carbocycles. The summed E-state index contributed by atoms with van der Waals surface area (Å²) in [4.78, 5) is 11.3. The van der Waals surface area contributed by atoms with Crippen LogP contribution in [0.4, 0.5) is 0 Å². The molecule has 0 atom stereocenters. The summed E-state index contributed by atoms with van der Waals surface area (Å²) in [5, 5.41) is 0. The number of carbonyl (C=O) groups excluding carboxylic acids is 1. The van der Waals surface area contributed by atoms with Gasteiger partial charge in [-0.2, -0.15) is 8.42 Å². The standard InChI is InChI=1S/C14H26O5S/c1-3-4-5-6-7-8-11-14(15)18-12-9-10-13-19-20(2,16)17/h9-10H,3-8,11-13H2,1-2H3/b10-9-. The average molecular weight is 306 g/mol. The van der Waals surface area contributed by atoms with Crippen LogP contribution in [0.25, 0.3) is 0 Å². The lowest BCUT2D eigenvalue weighted by atomic mass is 10.1. The number of hydrogen-bond donors (Lipinski definition) is 0. The monoisotopic (exact) mass is 306 g/mol. The zero-order chi connectivity index (χ0) is 15.3. The van der Waals surface area contributed by atoms with E-state index in [0.717, 1.165) is 19.1 Å². The van der Waals surface area contributed by atoms with Crippen LogP contribution in [0.1, 0.15) is 51.9 Å². The van der Waals surface area contributed by atoms with Crippen LogP contribution in [-0.4, -0.2) is 33.9 Å². The van der Waals surface area contributed by atoms with Gasteiger partial charge in [0, 0.05) is 6.42 Å². The third-order valence-electron chi connectivity index (χ3n) is 2.62. The Bertz CT molecular complexity index is 373. The first-order valence-electron chi connectivity index (χ1n) is 7.10. The van der Waals surface area contributed by atoms with Gasteiger partial charge in [-0.05, 0) is 12.5 Å². The Kier molecular flexibility index (Phi) is 11.4. The Balaban J connectivity index is 3.42. The Hall–Kier alpha value is -0.880. The van der Waals surface area contributed by atoms with E-state index in [-0.39, 0.29) is 19.2 Å². The van der Waals surface area contributed by atoms with Crippen LogP contribution in [-0.2, 0) is 23.8 Å². The lowest BCUT2D eigenvalue weighted by Gasteiger charge is -2.02. The molecule has 0 unspecified atom stereocenters. The fraction of sp³-hybridized carbons (Fsp3) is 0.786. The normalized spacial score (nSPS) is 11.9. The highest BCUT2D eigenvalue weighted by Gasteiger charge is 2.01. The molecule has 5 nitrogen and oxygen atoms in total. The second kappa shape index (κ2) is 11.9. The maximum absolute atomic E-state index is 11.3. The molecule has 0 aromatic rings. The van der Waals surface area contributed by atoms with Gasteiger partial charge < -0.3 is 4.74 Å². The minimum Gasteiger partial charge on any atom is -0.461 e. The predicted octanol–water partition coefficient (Wildman–Crippen LogP) is 2.81. The lowest BCUT2D eigenvalue weighted by molar-refractivity contribution is -0.142. The molecule has 0 radical (unpaired) electrons. The summed E-state index contributed by atoms with van der Waals surface area (Å²) >= 11 is 0. The molecule has 0 saturated carbocycles. The molecule has 0 fully saturated rings. The summed E-state index contributed by atoms with van der Waals surface area (Å²) in [6, 6.07) is 0. The fourth-order valence-electron chi connectivity index (χ4n) is 1.56. The second-order valence-electron chi connectivity index (χ2n) is 4.66. The van der Waals surface area contributed by atoms with Crippen molar-refractivity contribution in [3.63, 3.8) is 0 Å². The number of unbranched alkanes of at least 4 members (excludes halogenated alkanes) is 5. The summed E-state index contributed by atoms with van der Waals surface area (Å²) in [7, 11) is -3.41. The molecule has 118 valence electrons. The van der Waals surface area contributed by atoms with Crippen LogP contribution in [0.3, 0.4) is 0 Å². The molecular weight excluding hydrogens is 280 g/mol. The van der Waals surface area contributed by atoms with Crippen LogP contribution in [0, 0.1) is 0 Å². The van der Waals surface area contributed by atoms with E-state index in [1.165, 1.54) is 31.8 Å². The number of ether oxygens (including phenoxy) is 1. The first-order valence-corrected chi connectivity index (χ1v) is 8.92. The predicted molar refractivity (Wildman–Crippen MR) is 78.9 cm³/mol. The van der Waals surface area contributed by atoms with Gasteiger partial charge in [0.2, 0.25) is 0 Å². The Morgan fingerprint density at radius 1 is 1.00 bits per heavy atom. The number of rotatable bonds is 12. The van der Waals surface area contributed by atoms with E-state index in [2.05, 4.69) is 11.1 Å². The van der Waals surface area contributed by atoms with Gasteiger partial charge in [0.15, 0.2) is 0 Å². The number of hydrogen-bond acceptors (Lipinski definition) is 5. The molecule has 0 aliphatic rings. The summed E-state index contributed by atoms with van der Waals surface area (Å²) < 4.78 is 30.8. The van der Waals surface area contributed by atoms with Crippen molar-refractivity contribution >= 4 is 16.1 Å². The highest BCUT2D eigenvalue weighted by atomic mass is 32.2. The summed E-state index contributed by atoms with van der Waals surface area (Å²) in [6.45, 7) is 2.29. The summed E-state index contributed by atoms with van der Waals surface area (Å²) in [6.07, 6.45) is 11.3. The van der Waals surface area contributed by atoms with Gasteiger partial charge in [0.05, 0.1) is 12.9 Å². The van der Waals surface area contributed by atoms with E-state index in [4.69, 9.17) is 4.74 Å². The molecule has 0 bridgehead atoms. The molecule has 0 N–H and O–H groups in total. The SMILES string of the molecule is CCCCCCCCC(=O)OC/C=C\COS(C)(=O)=O. The number of esters is 1. The van der Waals surface area contributed by atoms with Gasteiger partial charge in [-0.15, -0.1) is 0 Å². The summed E-state index contributed by atoms with van der Waals surface area (Å²) in [5.74, 6) is -0.214. The van der Waals surface area contributed by atoms with Crippen molar-refractivity contribution in [1.29, 1.82) is 0 Å². The molecule has 0 amide bonds. The van der Waals surface area contributed by atoms with E-state index >= 15 is 0 Å². The Labute approximate surface area is 122 Å². The third kappa shape index (κ3) is 15.2. The minimum absolute atomic E-state index is 0.0339. The maximum Gasteiger partial charge on any atom is 0.306 e. The first kappa shape index (κ1) is 19.1. The fourth-order valence-corrected chi connectivity index (χ4v) is 1.89. The molecule has 0 aromatic carbocycles. The van der Waals surface area contributed by atoms with Gasteiger partial charge in [0.25, 0.3) is 10.1 Å².